The van der Waals surface area contributed by atoms with E-state index in [2.05, 4.69) is 69.1 Å². The summed E-state index contributed by atoms with van der Waals surface area (Å²) in [7, 11) is 0. The summed E-state index contributed by atoms with van der Waals surface area (Å²) in [6.45, 7) is 11.8. The zero-order chi connectivity index (χ0) is 24.8. The van der Waals surface area contributed by atoms with Crippen LogP contribution >= 0.6 is 0 Å². The monoisotopic (exact) mass is 647 g/mol. The molecule has 2 heterocycles. The van der Waals surface area contributed by atoms with E-state index < -0.39 is 0 Å². The number of carbonyl (C=O) groups excluding carboxylic acids is 1. The van der Waals surface area contributed by atoms with E-state index in [1.165, 1.54) is 36.6 Å². The van der Waals surface area contributed by atoms with E-state index in [-0.39, 0.29) is 31.6 Å². The van der Waals surface area contributed by atoms with Crippen LogP contribution in [-0.2, 0) is 24.9 Å². The number of carbonyl (C=O) groups is 1. The second kappa shape index (κ2) is 12.6. The SMILES string of the molecule is CC(=O)/C=C(/C)O.CC(C)c1cccc(C(C)C)c1-c1cc2cc(-c3[c-]cccc3)ncc2o1.[Ir]. The van der Waals surface area contributed by atoms with Crippen molar-refractivity contribution in [3.63, 3.8) is 0 Å². The number of pyridine rings is 1. The summed E-state index contributed by atoms with van der Waals surface area (Å²) < 4.78 is 6.25. The predicted octanol–water partition coefficient (Wildman–Crippen LogP) is 8.24. The first-order chi connectivity index (χ1) is 16.2. The minimum Gasteiger partial charge on any atom is -0.512 e. The third-order valence-electron chi connectivity index (χ3n) is 5.42. The number of aliphatic hydroxyl groups excluding tert-OH is 1. The Hall–Kier alpha value is -3.01. The van der Waals surface area contributed by atoms with Gasteiger partial charge in [0.2, 0.25) is 0 Å². The number of benzene rings is 2. The number of furan rings is 1. The number of aliphatic hydroxyl groups is 1. The number of rotatable bonds is 5. The molecule has 1 N–H and O–H groups in total. The quantitative estimate of drug-likeness (QED) is 0.135. The molecule has 5 heteroatoms. The Bertz CT molecular complexity index is 1270. The molecule has 35 heavy (non-hydrogen) atoms. The van der Waals surface area contributed by atoms with Gasteiger partial charge in [0.25, 0.3) is 0 Å². The molecule has 0 spiro atoms. The van der Waals surface area contributed by atoms with Crippen molar-refractivity contribution in [1.29, 1.82) is 0 Å². The maximum absolute atomic E-state index is 10.0. The van der Waals surface area contributed by atoms with Crippen LogP contribution in [0.1, 0.15) is 64.5 Å². The van der Waals surface area contributed by atoms with Crippen LogP contribution in [0.5, 0.6) is 0 Å². The molecule has 0 saturated carbocycles. The van der Waals surface area contributed by atoms with E-state index in [1.807, 2.05) is 30.5 Å². The average molecular weight is 647 g/mol. The summed E-state index contributed by atoms with van der Waals surface area (Å²) in [5.74, 6) is 1.72. The number of fused-ring (bicyclic) bond motifs is 1. The fourth-order valence-electron chi connectivity index (χ4n) is 3.90. The molecule has 2 aromatic heterocycles. The van der Waals surface area contributed by atoms with Gasteiger partial charge in [0, 0.05) is 37.1 Å². The van der Waals surface area contributed by atoms with Crippen molar-refractivity contribution in [2.75, 3.05) is 0 Å². The predicted molar refractivity (Wildman–Crippen MR) is 139 cm³/mol. The Labute approximate surface area is 221 Å². The topological polar surface area (TPSA) is 63.3 Å². The van der Waals surface area contributed by atoms with Crippen molar-refractivity contribution in [3.8, 4) is 22.6 Å². The number of allylic oxidation sites excluding steroid dienone is 2. The summed E-state index contributed by atoms with van der Waals surface area (Å²) in [6.07, 6.45) is 2.99. The molecular weight excluding hydrogens is 615 g/mol. The molecule has 0 aliphatic heterocycles. The summed E-state index contributed by atoms with van der Waals surface area (Å²) in [4.78, 5) is 14.6. The van der Waals surface area contributed by atoms with Crippen LogP contribution < -0.4 is 0 Å². The Balaban J connectivity index is 0.000000476. The van der Waals surface area contributed by atoms with Crippen LogP contribution in [0.3, 0.4) is 0 Å². The third kappa shape index (κ3) is 7.24. The van der Waals surface area contributed by atoms with Gasteiger partial charge in [0.15, 0.2) is 11.4 Å². The van der Waals surface area contributed by atoms with Crippen LogP contribution in [-0.4, -0.2) is 15.9 Å². The molecule has 0 fully saturated rings. The van der Waals surface area contributed by atoms with E-state index in [4.69, 9.17) is 9.52 Å². The Kier molecular flexibility index (Phi) is 10.2. The summed E-state index contributed by atoms with van der Waals surface area (Å²) >= 11 is 0. The van der Waals surface area contributed by atoms with E-state index in [1.54, 1.807) is 0 Å². The number of ketones is 1. The molecule has 2 aromatic carbocycles. The molecule has 185 valence electrons. The zero-order valence-corrected chi connectivity index (χ0v) is 23.4. The van der Waals surface area contributed by atoms with Crippen molar-refractivity contribution < 1.29 is 34.4 Å². The number of aromatic nitrogens is 1. The molecule has 0 bridgehead atoms. The van der Waals surface area contributed by atoms with E-state index in [0.29, 0.717) is 11.8 Å². The zero-order valence-electron chi connectivity index (χ0n) is 21.0. The van der Waals surface area contributed by atoms with Gasteiger partial charge in [-0.25, -0.2) is 0 Å². The van der Waals surface area contributed by atoms with E-state index >= 15 is 0 Å². The Morgan fingerprint density at radius 3 is 2.14 bits per heavy atom. The number of hydrogen-bond acceptors (Lipinski definition) is 4. The van der Waals surface area contributed by atoms with Crippen LogP contribution in [0.2, 0.25) is 0 Å². The second-order valence-electron chi connectivity index (χ2n) is 9.01. The van der Waals surface area contributed by atoms with Crippen molar-refractivity contribution >= 4 is 16.8 Å². The summed E-state index contributed by atoms with van der Waals surface area (Å²) in [5, 5.41) is 9.43. The molecule has 4 aromatic rings. The first kappa shape index (κ1) is 28.2. The second-order valence-corrected chi connectivity index (χ2v) is 9.01. The first-order valence-corrected chi connectivity index (χ1v) is 11.5. The minimum atomic E-state index is -0.125. The molecule has 1 radical (unpaired) electrons. The van der Waals surface area contributed by atoms with Gasteiger partial charge >= 0.3 is 0 Å². The average Bonchev–Trinajstić information content (AvgIpc) is 3.21. The van der Waals surface area contributed by atoms with Crippen molar-refractivity contribution in [3.05, 3.63) is 89.8 Å². The normalized spacial score (nSPS) is 11.3. The van der Waals surface area contributed by atoms with Crippen LogP contribution in [0, 0.1) is 6.07 Å². The van der Waals surface area contributed by atoms with Gasteiger partial charge < -0.3 is 14.5 Å². The number of hydrogen-bond donors (Lipinski definition) is 1. The molecule has 0 aliphatic carbocycles. The van der Waals surface area contributed by atoms with Gasteiger partial charge in [0.05, 0.1) is 12.0 Å². The maximum atomic E-state index is 10.0. The fourth-order valence-corrected chi connectivity index (χ4v) is 3.90. The smallest absolute Gasteiger partial charge is 0.155 e. The summed E-state index contributed by atoms with van der Waals surface area (Å²) in [6, 6.07) is 22.0. The molecule has 4 nitrogen and oxygen atoms in total. The third-order valence-corrected chi connectivity index (χ3v) is 5.42. The Morgan fingerprint density at radius 2 is 1.66 bits per heavy atom. The fraction of sp³-hybridized carbons (Fsp3) is 0.267. The number of nitrogens with zero attached hydrogens (tertiary/aromatic N) is 1. The molecule has 0 amide bonds. The first-order valence-electron chi connectivity index (χ1n) is 11.5. The molecular formula is C30H32IrNO3-. The van der Waals surface area contributed by atoms with Gasteiger partial charge in [-0.05, 0) is 48.6 Å². The largest absolute Gasteiger partial charge is 0.512 e. The van der Waals surface area contributed by atoms with Crippen molar-refractivity contribution in [2.45, 2.75) is 53.4 Å². The molecule has 0 saturated heterocycles. The van der Waals surface area contributed by atoms with Gasteiger partial charge in [-0.3, -0.25) is 4.79 Å². The summed E-state index contributed by atoms with van der Waals surface area (Å²) in [5.41, 5.74) is 6.60. The van der Waals surface area contributed by atoms with Gasteiger partial charge in [-0.1, -0.05) is 52.0 Å². The molecule has 0 unspecified atom stereocenters. The van der Waals surface area contributed by atoms with Gasteiger partial charge in [0.1, 0.15) is 5.76 Å². The Morgan fingerprint density at radius 1 is 1.00 bits per heavy atom. The molecule has 4 rings (SSSR count). The van der Waals surface area contributed by atoms with Gasteiger partial charge in [-0.15, -0.1) is 35.9 Å². The van der Waals surface area contributed by atoms with E-state index in [0.717, 1.165) is 28.0 Å². The van der Waals surface area contributed by atoms with Crippen molar-refractivity contribution in [1.82, 2.24) is 4.98 Å². The molecule has 0 aliphatic rings. The van der Waals surface area contributed by atoms with Gasteiger partial charge in [-0.2, -0.15) is 0 Å². The van der Waals surface area contributed by atoms with Crippen molar-refractivity contribution in [2.24, 2.45) is 0 Å². The maximum Gasteiger partial charge on any atom is 0.155 e. The minimum absolute atomic E-state index is 0. The van der Waals surface area contributed by atoms with Crippen LogP contribution in [0.15, 0.2) is 77.0 Å². The van der Waals surface area contributed by atoms with E-state index in [9.17, 15) is 4.79 Å². The standard InChI is InChI=1S/C25H24NO.C5H8O2.Ir/c1-16(2)20-11-8-12-21(17(3)4)25(20)23-14-19-13-22(26-15-24(19)27-23)18-9-6-5-7-10-18;1-4(6)3-5(2)7;/h5-9,11-17H,1-4H3;3,6H,1-2H3;/q-1;;/b;4-3-;. The van der Waals surface area contributed by atoms with Crippen LogP contribution in [0.25, 0.3) is 33.6 Å². The molecule has 0 atom stereocenters. The van der Waals surface area contributed by atoms with Crippen LogP contribution in [0.4, 0.5) is 0 Å².